The Hall–Kier alpha value is -1.71. The summed E-state index contributed by atoms with van der Waals surface area (Å²) in [5, 5.41) is 21.7. The second kappa shape index (κ2) is 10.9. The summed E-state index contributed by atoms with van der Waals surface area (Å²) in [5.74, 6) is 0.721. The van der Waals surface area contributed by atoms with Gasteiger partial charge in [-0.05, 0) is 25.5 Å². The number of ether oxygens (including phenoxy) is 1. The van der Waals surface area contributed by atoms with Crippen molar-refractivity contribution in [1.82, 2.24) is 0 Å². The van der Waals surface area contributed by atoms with Crippen molar-refractivity contribution < 1.29 is 15.1 Å². The molecule has 0 saturated carbocycles. The number of nitrogens with zero attached hydrogens (tertiary/aromatic N) is 1. The Morgan fingerprint density at radius 3 is 2.27 bits per heavy atom. The second-order valence-corrected chi connectivity index (χ2v) is 5.69. The monoisotopic (exact) mass is 307 g/mol. The molecule has 0 radical (unpaired) electrons. The predicted molar refractivity (Wildman–Crippen MR) is 90.2 cm³/mol. The van der Waals surface area contributed by atoms with Crippen LogP contribution in [0.15, 0.2) is 23.4 Å². The van der Waals surface area contributed by atoms with Gasteiger partial charge in [0.15, 0.2) is 0 Å². The van der Waals surface area contributed by atoms with Gasteiger partial charge in [0.2, 0.25) is 0 Å². The SMILES string of the molecule is CCCCCCCCCCOc1ccc(/C(C)=N/O)c(O)c1. The fourth-order valence-electron chi connectivity index (χ4n) is 2.39. The lowest BCUT2D eigenvalue weighted by Gasteiger charge is -2.09. The van der Waals surface area contributed by atoms with E-state index in [2.05, 4.69) is 12.1 Å². The average Bonchev–Trinajstić information content (AvgIpc) is 2.52. The zero-order valence-electron chi connectivity index (χ0n) is 13.8. The predicted octanol–water partition coefficient (Wildman–Crippen LogP) is 5.11. The fraction of sp³-hybridized carbons (Fsp3) is 0.611. The Morgan fingerprint density at radius 1 is 1.05 bits per heavy atom. The molecule has 0 saturated heterocycles. The molecule has 124 valence electrons. The van der Waals surface area contributed by atoms with Crippen LogP contribution in [-0.2, 0) is 0 Å². The highest BCUT2D eigenvalue weighted by molar-refractivity contribution is 6.00. The third-order valence-electron chi connectivity index (χ3n) is 3.78. The van der Waals surface area contributed by atoms with Crippen molar-refractivity contribution in [3.63, 3.8) is 0 Å². The van der Waals surface area contributed by atoms with Gasteiger partial charge in [-0.25, -0.2) is 0 Å². The van der Waals surface area contributed by atoms with E-state index in [9.17, 15) is 5.11 Å². The molecule has 0 atom stereocenters. The summed E-state index contributed by atoms with van der Waals surface area (Å²) in [7, 11) is 0. The van der Waals surface area contributed by atoms with E-state index in [0.717, 1.165) is 6.42 Å². The van der Waals surface area contributed by atoms with Crippen LogP contribution in [0.2, 0.25) is 0 Å². The van der Waals surface area contributed by atoms with E-state index in [-0.39, 0.29) is 5.75 Å². The number of unbranched alkanes of at least 4 members (excludes halogenated alkanes) is 7. The molecule has 1 rings (SSSR count). The first-order valence-electron chi connectivity index (χ1n) is 8.34. The van der Waals surface area contributed by atoms with E-state index in [4.69, 9.17) is 9.94 Å². The average molecular weight is 307 g/mol. The van der Waals surface area contributed by atoms with Crippen molar-refractivity contribution in [2.24, 2.45) is 5.16 Å². The molecule has 0 spiro atoms. The molecule has 0 fully saturated rings. The third-order valence-corrected chi connectivity index (χ3v) is 3.78. The molecule has 0 amide bonds. The van der Waals surface area contributed by atoms with E-state index in [1.807, 2.05) is 0 Å². The van der Waals surface area contributed by atoms with Crippen LogP contribution in [0, 0.1) is 0 Å². The van der Waals surface area contributed by atoms with Crippen LogP contribution in [0.3, 0.4) is 0 Å². The fourth-order valence-corrected chi connectivity index (χ4v) is 2.39. The highest BCUT2D eigenvalue weighted by Crippen LogP contribution is 2.24. The Labute approximate surface area is 133 Å². The second-order valence-electron chi connectivity index (χ2n) is 5.69. The van der Waals surface area contributed by atoms with Crippen LogP contribution in [-0.4, -0.2) is 22.6 Å². The van der Waals surface area contributed by atoms with Crippen molar-refractivity contribution in [3.05, 3.63) is 23.8 Å². The largest absolute Gasteiger partial charge is 0.507 e. The molecule has 0 unspecified atom stereocenters. The van der Waals surface area contributed by atoms with E-state index in [1.54, 1.807) is 25.1 Å². The molecule has 0 aliphatic carbocycles. The number of benzene rings is 1. The van der Waals surface area contributed by atoms with Crippen LogP contribution in [0.1, 0.15) is 70.8 Å². The maximum Gasteiger partial charge on any atom is 0.128 e. The number of hydrogen-bond acceptors (Lipinski definition) is 4. The number of aromatic hydroxyl groups is 1. The standard InChI is InChI=1S/C18H29NO3/c1-3-4-5-6-7-8-9-10-13-22-16-11-12-17(15(2)19-21)18(20)14-16/h11-12,14,20-21H,3-10,13H2,1-2H3/b19-15+. The van der Waals surface area contributed by atoms with Crippen molar-refractivity contribution >= 4 is 5.71 Å². The number of oxime groups is 1. The molecule has 1 aromatic carbocycles. The Balaban J connectivity index is 2.19. The lowest BCUT2D eigenvalue weighted by molar-refractivity contribution is 0.302. The van der Waals surface area contributed by atoms with E-state index in [0.29, 0.717) is 23.6 Å². The summed E-state index contributed by atoms with van der Waals surface area (Å²) in [6.45, 7) is 4.54. The molecule has 0 heterocycles. The smallest absolute Gasteiger partial charge is 0.128 e. The first-order chi connectivity index (χ1) is 10.7. The normalized spacial score (nSPS) is 11.6. The summed E-state index contributed by atoms with van der Waals surface area (Å²) in [5.41, 5.74) is 0.897. The first-order valence-corrected chi connectivity index (χ1v) is 8.34. The van der Waals surface area contributed by atoms with Gasteiger partial charge in [0.05, 0.1) is 12.3 Å². The molecule has 4 heteroatoms. The lowest BCUT2D eigenvalue weighted by Crippen LogP contribution is -1.99. The summed E-state index contributed by atoms with van der Waals surface area (Å²) in [6.07, 6.45) is 10.1. The van der Waals surface area contributed by atoms with Gasteiger partial charge in [-0.2, -0.15) is 0 Å². The van der Waals surface area contributed by atoms with E-state index in [1.165, 1.54) is 44.9 Å². The lowest BCUT2D eigenvalue weighted by atomic mass is 10.1. The van der Waals surface area contributed by atoms with Gasteiger partial charge in [0, 0.05) is 11.6 Å². The minimum absolute atomic E-state index is 0.0729. The molecule has 0 aliphatic rings. The van der Waals surface area contributed by atoms with Crippen molar-refractivity contribution in [2.75, 3.05) is 6.61 Å². The van der Waals surface area contributed by atoms with Gasteiger partial charge in [-0.1, -0.05) is 57.0 Å². The van der Waals surface area contributed by atoms with E-state index >= 15 is 0 Å². The van der Waals surface area contributed by atoms with Gasteiger partial charge in [0.1, 0.15) is 11.5 Å². The number of hydrogen-bond donors (Lipinski definition) is 2. The van der Waals surface area contributed by atoms with Crippen molar-refractivity contribution in [1.29, 1.82) is 0 Å². The van der Waals surface area contributed by atoms with Crippen LogP contribution < -0.4 is 4.74 Å². The minimum Gasteiger partial charge on any atom is -0.507 e. The molecule has 2 N–H and O–H groups in total. The molecule has 4 nitrogen and oxygen atoms in total. The number of rotatable bonds is 11. The van der Waals surface area contributed by atoms with Gasteiger partial charge < -0.3 is 15.1 Å². The van der Waals surface area contributed by atoms with E-state index < -0.39 is 0 Å². The Kier molecular flexibility index (Phi) is 9.12. The molecule has 0 aromatic heterocycles. The van der Waals surface area contributed by atoms with Gasteiger partial charge in [-0.3, -0.25) is 0 Å². The maximum atomic E-state index is 9.86. The van der Waals surface area contributed by atoms with Gasteiger partial charge >= 0.3 is 0 Å². The van der Waals surface area contributed by atoms with Gasteiger partial charge in [-0.15, -0.1) is 0 Å². The number of phenolic OH excluding ortho intramolecular Hbond substituents is 1. The van der Waals surface area contributed by atoms with Crippen LogP contribution in [0.5, 0.6) is 11.5 Å². The maximum absolute atomic E-state index is 9.86. The van der Waals surface area contributed by atoms with Gasteiger partial charge in [0.25, 0.3) is 0 Å². The summed E-state index contributed by atoms with van der Waals surface area (Å²) >= 11 is 0. The molecular weight excluding hydrogens is 278 g/mol. The number of phenols is 1. The minimum atomic E-state index is 0.0729. The molecule has 0 bridgehead atoms. The first kappa shape index (κ1) is 18.3. The third kappa shape index (κ3) is 6.83. The highest BCUT2D eigenvalue weighted by Gasteiger charge is 2.06. The molecule has 22 heavy (non-hydrogen) atoms. The Morgan fingerprint density at radius 2 is 1.68 bits per heavy atom. The zero-order chi connectivity index (χ0) is 16.2. The van der Waals surface area contributed by atoms with Crippen molar-refractivity contribution in [3.8, 4) is 11.5 Å². The summed E-state index contributed by atoms with van der Waals surface area (Å²) in [4.78, 5) is 0. The summed E-state index contributed by atoms with van der Waals surface area (Å²) < 4.78 is 5.64. The topological polar surface area (TPSA) is 62.0 Å². The van der Waals surface area contributed by atoms with Crippen LogP contribution in [0.25, 0.3) is 0 Å². The van der Waals surface area contributed by atoms with Crippen molar-refractivity contribution in [2.45, 2.75) is 65.2 Å². The summed E-state index contributed by atoms with van der Waals surface area (Å²) in [6, 6.07) is 5.05. The van der Waals surface area contributed by atoms with Crippen LogP contribution >= 0.6 is 0 Å². The Bertz CT molecular complexity index is 458. The quantitative estimate of drug-likeness (QED) is 0.258. The molecular formula is C18H29NO3. The zero-order valence-corrected chi connectivity index (χ0v) is 13.8. The molecule has 0 aliphatic heterocycles. The molecule has 1 aromatic rings. The van der Waals surface area contributed by atoms with Crippen LogP contribution in [0.4, 0.5) is 0 Å². The highest BCUT2D eigenvalue weighted by atomic mass is 16.5.